The van der Waals surface area contributed by atoms with Crippen molar-refractivity contribution in [2.45, 2.75) is 29.2 Å². The Balaban J connectivity index is 1.58. The van der Waals surface area contributed by atoms with Crippen LogP contribution in [0.15, 0.2) is 59.5 Å². The Kier molecular flexibility index (Phi) is 6.19. The lowest BCUT2D eigenvalue weighted by atomic mass is 10.1. The smallest absolute Gasteiger partial charge is 0.243 e. The molecule has 1 fully saturated rings. The van der Waals surface area contributed by atoms with E-state index < -0.39 is 56.8 Å². The van der Waals surface area contributed by atoms with Crippen LogP contribution in [0.4, 0.5) is 13.2 Å². The quantitative estimate of drug-likeness (QED) is 0.433. The average molecular weight is 481 g/mol. The van der Waals surface area contributed by atoms with Crippen LogP contribution in [-0.2, 0) is 21.4 Å². The molecule has 3 aromatic rings. The standard InChI is InChI=1S/C22H19F3N2O3S2/c23-18-7-8-19(24)21(25)17(18)11-26-22(28)20-10-15(31)12-27(20)32(29,30)16-6-5-13-3-1-2-4-14(13)9-16/h1-9,15,20,31H,10-12H2,(H,26,28)/t15-,20+/m1/s1. The number of hydrogen-bond donors (Lipinski definition) is 2. The normalized spacial score (nSPS) is 19.4. The highest BCUT2D eigenvalue weighted by atomic mass is 32.2. The molecule has 3 aromatic carbocycles. The molecule has 1 heterocycles. The van der Waals surface area contributed by atoms with Gasteiger partial charge in [-0.1, -0.05) is 30.3 Å². The SMILES string of the molecule is O=C(NCc1c(F)ccc(F)c1F)[C@@H]1C[C@@H](S)CN1S(=O)(=O)c1ccc2ccccc2c1. The van der Waals surface area contributed by atoms with Crippen molar-refractivity contribution in [2.24, 2.45) is 0 Å². The van der Waals surface area contributed by atoms with Crippen molar-refractivity contribution in [2.75, 3.05) is 6.54 Å². The molecule has 1 N–H and O–H groups in total. The minimum absolute atomic E-state index is 0.000947. The van der Waals surface area contributed by atoms with Crippen LogP contribution in [0.25, 0.3) is 10.8 Å². The van der Waals surface area contributed by atoms with E-state index in [1.54, 1.807) is 18.2 Å². The van der Waals surface area contributed by atoms with Crippen molar-refractivity contribution < 1.29 is 26.4 Å². The molecule has 32 heavy (non-hydrogen) atoms. The number of hydrogen-bond acceptors (Lipinski definition) is 4. The molecule has 0 radical (unpaired) electrons. The fourth-order valence-electron chi connectivity index (χ4n) is 3.78. The van der Waals surface area contributed by atoms with E-state index in [9.17, 15) is 26.4 Å². The second kappa shape index (κ2) is 8.76. The number of nitrogens with one attached hydrogen (secondary N) is 1. The van der Waals surface area contributed by atoms with Gasteiger partial charge in [0.15, 0.2) is 11.6 Å². The Morgan fingerprint density at radius 3 is 2.47 bits per heavy atom. The van der Waals surface area contributed by atoms with Gasteiger partial charge in [0.05, 0.1) is 4.90 Å². The third-order valence-electron chi connectivity index (χ3n) is 5.44. The summed E-state index contributed by atoms with van der Waals surface area (Å²) in [6.07, 6.45) is 0.121. The van der Waals surface area contributed by atoms with Gasteiger partial charge in [-0.05, 0) is 41.5 Å². The molecule has 0 aliphatic carbocycles. The van der Waals surface area contributed by atoms with E-state index in [1.165, 1.54) is 12.1 Å². The predicted molar refractivity (Wildman–Crippen MR) is 117 cm³/mol. The fourth-order valence-corrected chi connectivity index (χ4v) is 5.94. The highest BCUT2D eigenvalue weighted by Crippen LogP contribution is 2.30. The molecular formula is C22H19F3N2O3S2. The average Bonchev–Trinajstić information content (AvgIpc) is 3.18. The van der Waals surface area contributed by atoms with Crippen LogP contribution in [0.3, 0.4) is 0 Å². The molecule has 0 saturated carbocycles. The number of carbonyl (C=O) groups excluding carboxylic acids is 1. The van der Waals surface area contributed by atoms with Gasteiger partial charge in [0, 0.05) is 23.9 Å². The molecule has 2 atom stereocenters. The second-order valence-electron chi connectivity index (χ2n) is 7.53. The maximum absolute atomic E-state index is 13.9. The van der Waals surface area contributed by atoms with E-state index in [4.69, 9.17) is 0 Å². The first-order valence-electron chi connectivity index (χ1n) is 9.77. The number of fused-ring (bicyclic) bond motifs is 1. The van der Waals surface area contributed by atoms with Crippen LogP contribution in [0.1, 0.15) is 12.0 Å². The molecule has 0 unspecified atom stereocenters. The molecule has 1 aliphatic heterocycles. The Morgan fingerprint density at radius 1 is 1.03 bits per heavy atom. The summed E-state index contributed by atoms with van der Waals surface area (Å²) in [5, 5.41) is 3.53. The van der Waals surface area contributed by atoms with Crippen LogP contribution >= 0.6 is 12.6 Å². The van der Waals surface area contributed by atoms with Crippen LogP contribution in [0.2, 0.25) is 0 Å². The lowest BCUT2D eigenvalue weighted by molar-refractivity contribution is -0.124. The summed E-state index contributed by atoms with van der Waals surface area (Å²) in [5.41, 5.74) is -0.636. The minimum atomic E-state index is -4.05. The number of amides is 1. The van der Waals surface area contributed by atoms with E-state index in [-0.39, 0.29) is 17.9 Å². The second-order valence-corrected chi connectivity index (χ2v) is 10.1. The van der Waals surface area contributed by atoms with Gasteiger partial charge in [0.1, 0.15) is 11.9 Å². The molecule has 0 aromatic heterocycles. The van der Waals surface area contributed by atoms with Gasteiger partial charge in [0.25, 0.3) is 0 Å². The lowest BCUT2D eigenvalue weighted by Gasteiger charge is -2.23. The summed E-state index contributed by atoms with van der Waals surface area (Å²) in [7, 11) is -4.05. The first-order valence-corrected chi connectivity index (χ1v) is 11.7. The first kappa shape index (κ1) is 22.6. The number of benzene rings is 3. The molecule has 10 heteroatoms. The lowest BCUT2D eigenvalue weighted by Crippen LogP contribution is -2.45. The molecule has 5 nitrogen and oxygen atoms in total. The van der Waals surface area contributed by atoms with Crippen molar-refractivity contribution in [3.05, 3.63) is 77.6 Å². The largest absolute Gasteiger partial charge is 0.350 e. The van der Waals surface area contributed by atoms with E-state index in [0.29, 0.717) is 6.07 Å². The fraction of sp³-hybridized carbons (Fsp3) is 0.227. The summed E-state index contributed by atoms with van der Waals surface area (Å²) in [6, 6.07) is 12.2. The molecule has 1 amide bonds. The maximum atomic E-state index is 13.9. The highest BCUT2D eigenvalue weighted by Gasteiger charge is 2.43. The molecule has 4 rings (SSSR count). The zero-order valence-electron chi connectivity index (χ0n) is 16.6. The number of thiol groups is 1. The number of rotatable bonds is 5. The summed E-state index contributed by atoms with van der Waals surface area (Å²) >= 11 is 4.34. The Hall–Kier alpha value is -2.56. The minimum Gasteiger partial charge on any atom is -0.350 e. The topological polar surface area (TPSA) is 66.5 Å². The third kappa shape index (κ3) is 4.22. The number of nitrogens with zero attached hydrogens (tertiary/aromatic N) is 1. The van der Waals surface area contributed by atoms with Crippen LogP contribution in [0.5, 0.6) is 0 Å². The molecule has 0 spiro atoms. The number of carbonyl (C=O) groups is 1. The van der Waals surface area contributed by atoms with Crippen LogP contribution < -0.4 is 5.32 Å². The number of halogens is 3. The monoisotopic (exact) mass is 480 g/mol. The highest BCUT2D eigenvalue weighted by molar-refractivity contribution is 7.89. The van der Waals surface area contributed by atoms with Gasteiger partial charge in [0.2, 0.25) is 15.9 Å². The van der Waals surface area contributed by atoms with Crippen molar-refractivity contribution in [1.82, 2.24) is 9.62 Å². The van der Waals surface area contributed by atoms with Gasteiger partial charge >= 0.3 is 0 Å². The van der Waals surface area contributed by atoms with Gasteiger partial charge in [-0.3, -0.25) is 4.79 Å². The predicted octanol–water partition coefficient (Wildman–Crippen LogP) is 3.63. The number of sulfonamides is 1. The Bertz CT molecular complexity index is 1300. The van der Waals surface area contributed by atoms with Crippen molar-refractivity contribution >= 4 is 39.3 Å². The molecule has 168 valence electrons. The first-order chi connectivity index (χ1) is 15.2. The van der Waals surface area contributed by atoms with Gasteiger partial charge < -0.3 is 5.32 Å². The van der Waals surface area contributed by atoms with Crippen LogP contribution in [0, 0.1) is 17.5 Å². The molecule has 1 aliphatic rings. The van der Waals surface area contributed by atoms with Gasteiger partial charge in [-0.15, -0.1) is 0 Å². The zero-order chi connectivity index (χ0) is 23.0. The van der Waals surface area contributed by atoms with E-state index in [0.717, 1.165) is 21.1 Å². The van der Waals surface area contributed by atoms with Crippen molar-refractivity contribution in [1.29, 1.82) is 0 Å². The zero-order valence-corrected chi connectivity index (χ0v) is 18.3. The third-order valence-corrected chi connectivity index (χ3v) is 7.69. The summed E-state index contributed by atoms with van der Waals surface area (Å²) in [5.74, 6) is -4.39. The van der Waals surface area contributed by atoms with E-state index in [2.05, 4.69) is 17.9 Å². The van der Waals surface area contributed by atoms with Gasteiger partial charge in [-0.2, -0.15) is 16.9 Å². The Morgan fingerprint density at radius 2 is 1.72 bits per heavy atom. The van der Waals surface area contributed by atoms with E-state index in [1.807, 2.05) is 12.1 Å². The van der Waals surface area contributed by atoms with E-state index >= 15 is 0 Å². The summed E-state index contributed by atoms with van der Waals surface area (Å²) in [6.45, 7) is -0.620. The van der Waals surface area contributed by atoms with Gasteiger partial charge in [-0.25, -0.2) is 21.6 Å². The molecule has 1 saturated heterocycles. The molecular weight excluding hydrogens is 461 g/mol. The summed E-state index contributed by atoms with van der Waals surface area (Å²) in [4.78, 5) is 12.8. The van der Waals surface area contributed by atoms with Crippen molar-refractivity contribution in [3.63, 3.8) is 0 Å². The molecule has 0 bridgehead atoms. The van der Waals surface area contributed by atoms with Crippen LogP contribution in [-0.4, -0.2) is 36.5 Å². The summed E-state index contributed by atoms with van der Waals surface area (Å²) < 4.78 is 68.8. The van der Waals surface area contributed by atoms with Crippen molar-refractivity contribution in [3.8, 4) is 0 Å². The maximum Gasteiger partial charge on any atom is 0.243 e. The Labute approximate surface area is 188 Å².